The third-order valence-electron chi connectivity index (χ3n) is 4.49. The third kappa shape index (κ3) is 6.33. The van der Waals surface area contributed by atoms with Crippen LogP contribution in [0.15, 0.2) is 16.9 Å². The number of nitrogens with one attached hydrogen (secondary N) is 1. The topological polar surface area (TPSA) is 79.2 Å². The van der Waals surface area contributed by atoms with Gasteiger partial charge < -0.3 is 9.29 Å². The van der Waals surface area contributed by atoms with Crippen molar-refractivity contribution in [1.82, 2.24) is 14.5 Å². The van der Waals surface area contributed by atoms with Crippen molar-refractivity contribution in [2.75, 3.05) is 6.61 Å². The van der Waals surface area contributed by atoms with Crippen molar-refractivity contribution >= 4 is 30.2 Å². The van der Waals surface area contributed by atoms with E-state index in [0.29, 0.717) is 12.3 Å². The Morgan fingerprint density at radius 3 is 2.33 bits per heavy atom. The molecule has 1 heterocycles. The molecule has 0 spiro atoms. The molecule has 0 aliphatic carbocycles. The van der Waals surface area contributed by atoms with Gasteiger partial charge in [0.1, 0.15) is 11.5 Å². The van der Waals surface area contributed by atoms with Crippen LogP contribution >= 0.6 is 0 Å². The van der Waals surface area contributed by atoms with Gasteiger partial charge in [-0.3, -0.25) is 4.79 Å². The fourth-order valence-corrected chi connectivity index (χ4v) is 4.18. The molecule has 0 saturated carbocycles. The molecule has 0 amide bonds. The van der Waals surface area contributed by atoms with E-state index in [1.807, 2.05) is 20.8 Å². The number of benzene rings is 1. The Kier molecular flexibility index (Phi) is 7.84. The molecule has 6 nitrogen and oxygen atoms in total. The molecule has 2 atom stereocenters. The van der Waals surface area contributed by atoms with Crippen LogP contribution in [0.2, 0.25) is 25.7 Å². The van der Waals surface area contributed by atoms with Gasteiger partial charge in [0.2, 0.25) is 0 Å². The van der Waals surface area contributed by atoms with Crippen molar-refractivity contribution in [3.8, 4) is 0 Å². The Morgan fingerprint density at radius 2 is 1.80 bits per heavy atom. The zero-order valence-corrected chi connectivity index (χ0v) is 20.5. The summed E-state index contributed by atoms with van der Waals surface area (Å²) in [5.74, 6) is -2.18. The SMILES string of the molecule is C[C@@H](N[S+]([O-])C(C)(C)C)c1nn(COCC[Si](C)(C)C)c(=O)c2cc(F)c(F)cc12. The monoisotopic (exact) mass is 459 g/mol. The fraction of sp³-hybridized carbons (Fsp3) is 0.600. The zero-order chi connectivity index (χ0) is 22.9. The van der Waals surface area contributed by atoms with Crippen LogP contribution in [0.5, 0.6) is 0 Å². The van der Waals surface area contributed by atoms with E-state index in [2.05, 4.69) is 29.5 Å². The second-order valence-electron chi connectivity index (χ2n) is 9.57. The van der Waals surface area contributed by atoms with E-state index < -0.39 is 47.4 Å². The summed E-state index contributed by atoms with van der Waals surface area (Å²) >= 11 is -1.42. The van der Waals surface area contributed by atoms with Crippen molar-refractivity contribution in [1.29, 1.82) is 0 Å². The normalized spacial score (nSPS) is 14.9. The summed E-state index contributed by atoms with van der Waals surface area (Å²) in [6, 6.07) is 2.18. The van der Waals surface area contributed by atoms with Crippen molar-refractivity contribution in [2.24, 2.45) is 0 Å². The third-order valence-corrected chi connectivity index (χ3v) is 7.87. The van der Waals surface area contributed by atoms with Gasteiger partial charge in [-0.1, -0.05) is 19.6 Å². The summed E-state index contributed by atoms with van der Waals surface area (Å²) in [5, 5.41) is 4.53. The van der Waals surface area contributed by atoms with E-state index >= 15 is 0 Å². The first-order valence-corrected chi connectivity index (χ1v) is 14.7. The minimum atomic E-state index is -1.42. The van der Waals surface area contributed by atoms with Crippen molar-refractivity contribution in [3.63, 3.8) is 0 Å². The summed E-state index contributed by atoms with van der Waals surface area (Å²) in [5.41, 5.74) is -0.264. The van der Waals surface area contributed by atoms with Crippen LogP contribution in [0.4, 0.5) is 8.78 Å². The number of ether oxygens (including phenoxy) is 1. The van der Waals surface area contributed by atoms with Gasteiger partial charge >= 0.3 is 0 Å². The summed E-state index contributed by atoms with van der Waals surface area (Å²) in [6.45, 7) is 14.2. The van der Waals surface area contributed by atoms with Gasteiger partial charge in [-0.15, -0.1) is 4.72 Å². The molecule has 0 aliphatic heterocycles. The molecule has 10 heteroatoms. The summed E-state index contributed by atoms with van der Waals surface area (Å²) < 4.78 is 49.4. The Labute approximate surface area is 180 Å². The second-order valence-corrected chi connectivity index (χ2v) is 17.2. The number of aromatic nitrogens is 2. The fourth-order valence-electron chi connectivity index (χ4n) is 2.63. The summed E-state index contributed by atoms with van der Waals surface area (Å²) in [6.07, 6.45) is 0. The van der Waals surface area contributed by atoms with Gasteiger partial charge in [-0.05, 0) is 45.9 Å². The first-order valence-electron chi connectivity index (χ1n) is 9.86. The molecule has 1 aromatic heterocycles. The molecule has 0 radical (unpaired) electrons. The molecule has 2 aromatic rings. The Balaban J connectivity index is 2.44. The molecule has 0 saturated heterocycles. The maximum atomic E-state index is 13.9. The highest BCUT2D eigenvalue weighted by Crippen LogP contribution is 2.25. The predicted octanol–water partition coefficient (Wildman–Crippen LogP) is 4.10. The highest BCUT2D eigenvalue weighted by atomic mass is 32.2. The van der Waals surface area contributed by atoms with Crippen LogP contribution < -0.4 is 10.3 Å². The first-order chi connectivity index (χ1) is 13.7. The molecule has 0 aliphatic rings. The summed E-state index contributed by atoms with van der Waals surface area (Å²) in [4.78, 5) is 12.8. The average molecular weight is 460 g/mol. The van der Waals surface area contributed by atoms with Gasteiger partial charge in [0.25, 0.3) is 5.56 Å². The quantitative estimate of drug-likeness (QED) is 0.365. The van der Waals surface area contributed by atoms with Crippen LogP contribution in [0, 0.1) is 11.6 Å². The lowest BCUT2D eigenvalue weighted by Crippen LogP contribution is -2.41. The lowest BCUT2D eigenvalue weighted by Gasteiger charge is -2.26. The molecule has 2 rings (SSSR count). The zero-order valence-electron chi connectivity index (χ0n) is 18.6. The second kappa shape index (κ2) is 9.43. The average Bonchev–Trinajstić information content (AvgIpc) is 2.60. The van der Waals surface area contributed by atoms with Gasteiger partial charge in [0.15, 0.2) is 11.6 Å². The molecule has 1 aromatic carbocycles. The predicted molar refractivity (Wildman–Crippen MR) is 119 cm³/mol. The van der Waals surface area contributed by atoms with Crippen LogP contribution in [0.3, 0.4) is 0 Å². The minimum Gasteiger partial charge on any atom is -0.598 e. The van der Waals surface area contributed by atoms with Gasteiger partial charge in [-0.25, -0.2) is 13.5 Å². The molecule has 30 heavy (non-hydrogen) atoms. The standard InChI is InChI=1S/C20H31F2N3O3SSi/c1-13(24-29(27)20(2,3)4)18-14-10-16(21)17(22)11-15(14)19(26)25(23-18)12-28-8-9-30(5,6)7/h10-11,13,24H,8-9,12H2,1-7H3/t13-,29?/m1/s1. The van der Waals surface area contributed by atoms with Gasteiger partial charge in [0.05, 0.1) is 17.1 Å². The smallest absolute Gasteiger partial charge is 0.276 e. The van der Waals surface area contributed by atoms with Crippen molar-refractivity contribution in [3.05, 3.63) is 39.8 Å². The van der Waals surface area contributed by atoms with E-state index in [0.717, 1.165) is 22.9 Å². The van der Waals surface area contributed by atoms with E-state index in [1.165, 1.54) is 0 Å². The van der Waals surface area contributed by atoms with Crippen LogP contribution in [0.1, 0.15) is 39.4 Å². The lowest BCUT2D eigenvalue weighted by molar-refractivity contribution is 0.0748. The van der Waals surface area contributed by atoms with Crippen LogP contribution in [-0.4, -0.2) is 33.8 Å². The number of hydrogen-bond donors (Lipinski definition) is 1. The lowest BCUT2D eigenvalue weighted by atomic mass is 10.1. The summed E-state index contributed by atoms with van der Waals surface area (Å²) in [7, 11) is -1.30. The highest BCUT2D eigenvalue weighted by molar-refractivity contribution is 7.90. The van der Waals surface area contributed by atoms with Crippen molar-refractivity contribution < 1.29 is 18.1 Å². The number of halogens is 2. The molecular formula is C20H31F2N3O3SSi. The van der Waals surface area contributed by atoms with E-state index in [-0.39, 0.29) is 17.5 Å². The molecule has 168 valence electrons. The highest BCUT2D eigenvalue weighted by Gasteiger charge is 2.30. The molecule has 1 N–H and O–H groups in total. The molecule has 0 bridgehead atoms. The number of hydrogen-bond acceptors (Lipinski definition) is 5. The number of nitrogens with zero attached hydrogens (tertiary/aromatic N) is 2. The number of fused-ring (bicyclic) bond motifs is 1. The largest absolute Gasteiger partial charge is 0.598 e. The first kappa shape index (κ1) is 24.9. The van der Waals surface area contributed by atoms with Crippen LogP contribution in [0.25, 0.3) is 10.8 Å². The number of rotatable bonds is 8. The molecular weight excluding hydrogens is 428 g/mol. The van der Waals surface area contributed by atoms with E-state index in [1.54, 1.807) is 6.92 Å². The van der Waals surface area contributed by atoms with Crippen LogP contribution in [-0.2, 0) is 22.8 Å². The van der Waals surface area contributed by atoms with Crippen molar-refractivity contribution in [2.45, 2.75) is 70.9 Å². The van der Waals surface area contributed by atoms with E-state index in [9.17, 15) is 18.1 Å². The maximum Gasteiger partial charge on any atom is 0.276 e. The molecule has 1 unspecified atom stereocenters. The Bertz CT molecular complexity index is 957. The Morgan fingerprint density at radius 1 is 1.23 bits per heavy atom. The minimum absolute atomic E-state index is 0.00267. The van der Waals surface area contributed by atoms with Gasteiger partial charge in [0, 0.05) is 31.4 Å². The maximum absolute atomic E-state index is 13.9. The Hall–Kier alpha value is -1.33. The molecule has 0 fully saturated rings. The van der Waals surface area contributed by atoms with E-state index in [4.69, 9.17) is 4.74 Å². The van der Waals surface area contributed by atoms with Gasteiger partial charge in [-0.2, -0.15) is 5.10 Å².